The van der Waals surface area contributed by atoms with Crippen LogP contribution in [0, 0.1) is 0 Å². The molecular weight excluding hydrogens is 248 g/mol. The fourth-order valence-electron chi connectivity index (χ4n) is 2.90. The molecule has 0 fully saturated rings. The number of anilines is 1. The third-order valence-electron chi connectivity index (χ3n) is 3.92. The first-order chi connectivity index (χ1) is 9.88. The first-order valence-electron chi connectivity index (χ1n) is 7.03. The van der Waals surface area contributed by atoms with Gasteiger partial charge in [-0.3, -0.25) is 0 Å². The number of rotatable bonds is 2. The summed E-state index contributed by atoms with van der Waals surface area (Å²) in [5.41, 5.74) is 3.81. The zero-order valence-electron chi connectivity index (χ0n) is 11.2. The Morgan fingerprint density at radius 3 is 2.80 bits per heavy atom. The summed E-state index contributed by atoms with van der Waals surface area (Å²) in [5, 5.41) is 7.93. The van der Waals surface area contributed by atoms with Crippen LogP contribution in [0.5, 0.6) is 0 Å². The van der Waals surface area contributed by atoms with Crippen molar-refractivity contribution >= 4 is 11.6 Å². The van der Waals surface area contributed by atoms with Crippen LogP contribution in [0.4, 0.5) is 5.95 Å². The van der Waals surface area contributed by atoms with E-state index in [2.05, 4.69) is 39.7 Å². The molecule has 4 heteroatoms. The largest absolute Gasteiger partial charge is 0.350 e. The lowest BCUT2D eigenvalue weighted by Crippen LogP contribution is -2.27. The highest BCUT2D eigenvalue weighted by Gasteiger charge is 2.19. The van der Waals surface area contributed by atoms with Crippen LogP contribution in [-0.2, 0) is 12.8 Å². The van der Waals surface area contributed by atoms with Gasteiger partial charge in [0.15, 0.2) is 5.65 Å². The number of hydrogen-bond acceptors (Lipinski definition) is 3. The van der Waals surface area contributed by atoms with Crippen LogP contribution in [0.15, 0.2) is 48.7 Å². The van der Waals surface area contributed by atoms with Crippen molar-refractivity contribution in [2.24, 2.45) is 0 Å². The molecule has 2 heterocycles. The molecule has 0 spiro atoms. The van der Waals surface area contributed by atoms with Crippen molar-refractivity contribution in [3.63, 3.8) is 0 Å². The number of aryl methyl sites for hydroxylation is 1. The monoisotopic (exact) mass is 264 g/mol. The second kappa shape index (κ2) is 4.63. The molecule has 4 nitrogen and oxygen atoms in total. The third kappa shape index (κ3) is 2.03. The summed E-state index contributed by atoms with van der Waals surface area (Å²) >= 11 is 0. The third-order valence-corrected chi connectivity index (χ3v) is 3.92. The number of fused-ring (bicyclic) bond motifs is 2. The van der Waals surface area contributed by atoms with Crippen molar-refractivity contribution in [3.8, 4) is 0 Å². The van der Waals surface area contributed by atoms with E-state index in [1.807, 2.05) is 24.4 Å². The fourth-order valence-corrected chi connectivity index (χ4v) is 2.90. The van der Waals surface area contributed by atoms with E-state index in [0.29, 0.717) is 6.04 Å². The minimum atomic E-state index is 0.419. The van der Waals surface area contributed by atoms with Crippen LogP contribution in [-0.4, -0.2) is 20.6 Å². The quantitative estimate of drug-likeness (QED) is 0.774. The van der Waals surface area contributed by atoms with Crippen molar-refractivity contribution in [1.82, 2.24) is 14.6 Å². The van der Waals surface area contributed by atoms with Gasteiger partial charge in [-0.15, -0.1) is 5.10 Å². The highest BCUT2D eigenvalue weighted by Crippen LogP contribution is 2.22. The molecule has 1 aliphatic carbocycles. The first kappa shape index (κ1) is 11.5. The van der Waals surface area contributed by atoms with Gasteiger partial charge in [0.25, 0.3) is 0 Å². The molecule has 0 aliphatic heterocycles. The van der Waals surface area contributed by atoms with E-state index in [1.54, 1.807) is 4.52 Å². The SMILES string of the molecule is c1ccc2c(c1)CCC(Nc1nc3ccccn3n1)C2. The molecular formula is C16H16N4. The number of aromatic nitrogens is 3. The maximum absolute atomic E-state index is 4.50. The van der Waals surface area contributed by atoms with E-state index >= 15 is 0 Å². The van der Waals surface area contributed by atoms with Crippen LogP contribution in [0.2, 0.25) is 0 Å². The standard InChI is InChI=1S/C16H16N4/c1-2-6-13-11-14(9-8-12(13)5-1)17-16-18-15-7-3-4-10-20(15)19-16/h1-7,10,14H,8-9,11H2,(H,17,19). The molecule has 1 aliphatic rings. The molecule has 1 aromatic carbocycles. The van der Waals surface area contributed by atoms with E-state index < -0.39 is 0 Å². The number of nitrogens with zero attached hydrogens (tertiary/aromatic N) is 3. The maximum Gasteiger partial charge on any atom is 0.243 e. The Labute approximate surface area is 117 Å². The second-order valence-corrected chi connectivity index (χ2v) is 5.29. The van der Waals surface area contributed by atoms with Gasteiger partial charge in [0.1, 0.15) is 0 Å². The molecule has 0 saturated carbocycles. The molecule has 0 saturated heterocycles. The van der Waals surface area contributed by atoms with Crippen LogP contribution in [0.1, 0.15) is 17.5 Å². The Bertz CT molecular complexity index is 714. The molecule has 2 aromatic heterocycles. The van der Waals surface area contributed by atoms with Crippen molar-refractivity contribution < 1.29 is 0 Å². The van der Waals surface area contributed by atoms with Crippen LogP contribution >= 0.6 is 0 Å². The molecule has 1 unspecified atom stereocenters. The molecule has 0 amide bonds. The number of benzene rings is 1. The van der Waals surface area contributed by atoms with Gasteiger partial charge in [0.2, 0.25) is 5.95 Å². The Hall–Kier alpha value is -2.36. The summed E-state index contributed by atoms with van der Waals surface area (Å²) in [7, 11) is 0. The Morgan fingerprint density at radius 2 is 1.90 bits per heavy atom. The normalized spacial score (nSPS) is 17.9. The minimum absolute atomic E-state index is 0.419. The summed E-state index contributed by atoms with van der Waals surface area (Å²) in [6.45, 7) is 0. The van der Waals surface area contributed by atoms with Crippen molar-refractivity contribution in [2.75, 3.05) is 5.32 Å². The number of nitrogens with one attached hydrogen (secondary N) is 1. The van der Waals surface area contributed by atoms with Gasteiger partial charge in [0, 0.05) is 12.2 Å². The highest BCUT2D eigenvalue weighted by atomic mass is 15.3. The lowest BCUT2D eigenvalue weighted by atomic mass is 9.88. The molecule has 4 rings (SSSR count). The predicted octanol–water partition coefficient (Wildman–Crippen LogP) is 2.70. The fraction of sp³-hybridized carbons (Fsp3) is 0.250. The molecule has 3 aromatic rings. The van der Waals surface area contributed by atoms with Gasteiger partial charge >= 0.3 is 0 Å². The van der Waals surface area contributed by atoms with Gasteiger partial charge in [-0.2, -0.15) is 4.98 Å². The minimum Gasteiger partial charge on any atom is -0.350 e. The molecule has 0 bridgehead atoms. The Balaban J connectivity index is 1.55. The summed E-state index contributed by atoms with van der Waals surface area (Å²) in [4.78, 5) is 4.50. The van der Waals surface area contributed by atoms with Gasteiger partial charge in [-0.25, -0.2) is 4.52 Å². The lowest BCUT2D eigenvalue weighted by molar-refractivity contribution is 0.606. The maximum atomic E-state index is 4.50. The van der Waals surface area contributed by atoms with E-state index in [1.165, 1.54) is 11.1 Å². The summed E-state index contributed by atoms with van der Waals surface area (Å²) < 4.78 is 1.80. The summed E-state index contributed by atoms with van der Waals surface area (Å²) in [5.74, 6) is 0.723. The Kier molecular flexibility index (Phi) is 2.66. The zero-order chi connectivity index (χ0) is 13.4. The van der Waals surface area contributed by atoms with Crippen LogP contribution < -0.4 is 5.32 Å². The van der Waals surface area contributed by atoms with E-state index in [9.17, 15) is 0 Å². The summed E-state index contributed by atoms with van der Waals surface area (Å²) in [6.07, 6.45) is 5.23. The van der Waals surface area contributed by atoms with Gasteiger partial charge in [-0.1, -0.05) is 30.3 Å². The van der Waals surface area contributed by atoms with Crippen LogP contribution in [0.3, 0.4) is 0 Å². The molecule has 1 N–H and O–H groups in total. The van der Waals surface area contributed by atoms with Crippen LogP contribution in [0.25, 0.3) is 5.65 Å². The van der Waals surface area contributed by atoms with Crippen molar-refractivity contribution in [3.05, 3.63) is 59.8 Å². The first-order valence-corrected chi connectivity index (χ1v) is 7.03. The summed E-state index contributed by atoms with van der Waals surface area (Å²) in [6, 6.07) is 15.0. The van der Waals surface area contributed by atoms with Gasteiger partial charge in [0.05, 0.1) is 0 Å². The Morgan fingerprint density at radius 1 is 1.05 bits per heavy atom. The zero-order valence-corrected chi connectivity index (χ0v) is 11.2. The molecule has 0 radical (unpaired) electrons. The molecule has 1 atom stereocenters. The topological polar surface area (TPSA) is 42.2 Å². The number of pyridine rings is 1. The molecule has 20 heavy (non-hydrogen) atoms. The van der Waals surface area contributed by atoms with E-state index in [0.717, 1.165) is 30.9 Å². The average Bonchev–Trinajstić information content (AvgIpc) is 2.89. The smallest absolute Gasteiger partial charge is 0.243 e. The van der Waals surface area contributed by atoms with Gasteiger partial charge < -0.3 is 5.32 Å². The van der Waals surface area contributed by atoms with Crippen molar-refractivity contribution in [2.45, 2.75) is 25.3 Å². The average molecular weight is 264 g/mol. The molecule has 100 valence electrons. The predicted molar refractivity (Wildman–Crippen MR) is 78.9 cm³/mol. The van der Waals surface area contributed by atoms with E-state index in [4.69, 9.17) is 0 Å². The van der Waals surface area contributed by atoms with E-state index in [-0.39, 0.29) is 0 Å². The lowest BCUT2D eigenvalue weighted by Gasteiger charge is -2.24. The highest BCUT2D eigenvalue weighted by molar-refractivity contribution is 5.44. The number of hydrogen-bond donors (Lipinski definition) is 1. The second-order valence-electron chi connectivity index (χ2n) is 5.29. The van der Waals surface area contributed by atoms with Crippen molar-refractivity contribution in [1.29, 1.82) is 0 Å². The van der Waals surface area contributed by atoms with Gasteiger partial charge in [-0.05, 0) is 42.5 Å².